The standard InChI is InChI=1S/C14H16N6/c1-20-9-8-17-12(20)10-4-2-3-5-11(10)14(16)6-7-18-13(15)19-14/h2-9H,16H2,1H3,(H3,15,18,19). The van der Waals surface area contributed by atoms with Crippen LogP contribution in [0.1, 0.15) is 5.56 Å². The first-order valence-electron chi connectivity index (χ1n) is 6.26. The molecule has 5 N–H and O–H groups in total. The van der Waals surface area contributed by atoms with Crippen molar-refractivity contribution in [2.75, 3.05) is 0 Å². The average molecular weight is 268 g/mol. The fraction of sp³-hybridized carbons (Fsp3) is 0.143. The molecule has 2 aromatic rings. The van der Waals surface area contributed by atoms with Crippen LogP contribution in [0.15, 0.2) is 53.9 Å². The van der Waals surface area contributed by atoms with E-state index in [9.17, 15) is 0 Å². The maximum Gasteiger partial charge on any atom is 0.195 e. The monoisotopic (exact) mass is 268 g/mol. The van der Waals surface area contributed by atoms with Gasteiger partial charge in [-0.25, -0.2) is 9.98 Å². The SMILES string of the molecule is Cn1ccnc1-c1ccccc1C1(N)C=CNC(N)=N1. The van der Waals surface area contributed by atoms with Crippen LogP contribution in [0.25, 0.3) is 11.4 Å². The van der Waals surface area contributed by atoms with Gasteiger partial charge in [0.25, 0.3) is 0 Å². The highest BCUT2D eigenvalue weighted by Gasteiger charge is 2.29. The number of guanidine groups is 1. The third-order valence-electron chi connectivity index (χ3n) is 3.29. The molecule has 6 heteroatoms. The number of aliphatic imine (C=N–C) groups is 1. The van der Waals surface area contributed by atoms with Gasteiger partial charge in [0.2, 0.25) is 0 Å². The minimum Gasteiger partial charge on any atom is -0.370 e. The second-order valence-electron chi connectivity index (χ2n) is 4.71. The number of rotatable bonds is 2. The first kappa shape index (κ1) is 12.4. The molecule has 1 aliphatic rings. The lowest BCUT2D eigenvalue weighted by Crippen LogP contribution is -2.42. The number of hydrogen-bond donors (Lipinski definition) is 3. The van der Waals surface area contributed by atoms with E-state index in [1.54, 1.807) is 18.5 Å². The number of imidazole rings is 1. The summed E-state index contributed by atoms with van der Waals surface area (Å²) >= 11 is 0. The molecule has 0 bridgehead atoms. The third kappa shape index (κ3) is 1.96. The molecule has 0 radical (unpaired) electrons. The fourth-order valence-corrected chi connectivity index (χ4v) is 2.33. The van der Waals surface area contributed by atoms with Crippen molar-refractivity contribution in [3.05, 3.63) is 54.5 Å². The highest BCUT2D eigenvalue weighted by Crippen LogP contribution is 2.31. The van der Waals surface area contributed by atoms with Crippen LogP contribution >= 0.6 is 0 Å². The summed E-state index contributed by atoms with van der Waals surface area (Å²) in [6.45, 7) is 0. The van der Waals surface area contributed by atoms with E-state index < -0.39 is 5.66 Å². The number of aromatic nitrogens is 2. The van der Waals surface area contributed by atoms with E-state index in [0.717, 1.165) is 17.0 Å². The number of nitrogens with one attached hydrogen (secondary N) is 1. The smallest absolute Gasteiger partial charge is 0.195 e. The molecule has 0 fully saturated rings. The van der Waals surface area contributed by atoms with Crippen molar-refractivity contribution in [1.29, 1.82) is 0 Å². The Morgan fingerprint density at radius 2 is 2.10 bits per heavy atom. The predicted octanol–water partition coefficient (Wildman–Crippen LogP) is 0.630. The Balaban J connectivity index is 2.19. The molecule has 1 aliphatic heterocycles. The van der Waals surface area contributed by atoms with Gasteiger partial charge in [0.1, 0.15) is 5.82 Å². The van der Waals surface area contributed by atoms with E-state index in [4.69, 9.17) is 11.5 Å². The van der Waals surface area contributed by atoms with Gasteiger partial charge in [-0.3, -0.25) is 5.73 Å². The third-order valence-corrected chi connectivity index (χ3v) is 3.29. The zero-order valence-electron chi connectivity index (χ0n) is 11.1. The second-order valence-corrected chi connectivity index (χ2v) is 4.71. The van der Waals surface area contributed by atoms with Gasteiger partial charge < -0.3 is 15.6 Å². The van der Waals surface area contributed by atoms with Crippen LogP contribution < -0.4 is 16.8 Å². The van der Waals surface area contributed by atoms with E-state index in [1.165, 1.54) is 0 Å². The summed E-state index contributed by atoms with van der Waals surface area (Å²) in [5.41, 5.74) is 12.9. The van der Waals surface area contributed by atoms with E-state index in [-0.39, 0.29) is 0 Å². The van der Waals surface area contributed by atoms with Crippen molar-refractivity contribution in [1.82, 2.24) is 14.9 Å². The number of nitrogens with two attached hydrogens (primary N) is 2. The fourth-order valence-electron chi connectivity index (χ4n) is 2.33. The summed E-state index contributed by atoms with van der Waals surface area (Å²) < 4.78 is 1.94. The topological polar surface area (TPSA) is 94.2 Å². The van der Waals surface area contributed by atoms with Crippen molar-refractivity contribution < 1.29 is 0 Å². The van der Waals surface area contributed by atoms with E-state index in [1.807, 2.05) is 42.1 Å². The maximum absolute atomic E-state index is 6.40. The lowest BCUT2D eigenvalue weighted by Gasteiger charge is -2.27. The van der Waals surface area contributed by atoms with Gasteiger partial charge in [0, 0.05) is 36.8 Å². The van der Waals surface area contributed by atoms with Gasteiger partial charge in [-0.2, -0.15) is 0 Å². The molecule has 0 saturated heterocycles. The molecule has 1 unspecified atom stereocenters. The van der Waals surface area contributed by atoms with E-state index in [2.05, 4.69) is 15.3 Å². The highest BCUT2D eigenvalue weighted by molar-refractivity contribution is 5.81. The Hall–Kier alpha value is -2.60. The quantitative estimate of drug-likeness (QED) is 0.744. The summed E-state index contributed by atoms with van der Waals surface area (Å²) in [5.74, 6) is 1.13. The lowest BCUT2D eigenvalue weighted by atomic mass is 9.94. The van der Waals surface area contributed by atoms with Crippen LogP contribution in [0.2, 0.25) is 0 Å². The molecule has 1 aromatic carbocycles. The Morgan fingerprint density at radius 1 is 1.30 bits per heavy atom. The summed E-state index contributed by atoms with van der Waals surface area (Å²) in [5, 5.41) is 2.82. The molecule has 20 heavy (non-hydrogen) atoms. The van der Waals surface area contributed by atoms with Gasteiger partial charge in [-0.1, -0.05) is 24.3 Å². The van der Waals surface area contributed by atoms with Crippen LogP contribution in [-0.2, 0) is 12.7 Å². The van der Waals surface area contributed by atoms with Gasteiger partial charge >= 0.3 is 0 Å². The largest absolute Gasteiger partial charge is 0.370 e. The summed E-state index contributed by atoms with van der Waals surface area (Å²) in [6, 6.07) is 7.80. The molecule has 1 aromatic heterocycles. The Bertz CT molecular complexity index is 699. The Labute approximate surface area is 116 Å². The predicted molar refractivity (Wildman–Crippen MR) is 78.4 cm³/mol. The molecule has 6 nitrogen and oxygen atoms in total. The van der Waals surface area contributed by atoms with Crippen molar-refractivity contribution in [2.45, 2.75) is 5.66 Å². The van der Waals surface area contributed by atoms with Crippen LogP contribution in [-0.4, -0.2) is 15.5 Å². The molecule has 2 heterocycles. The molecule has 3 rings (SSSR count). The lowest BCUT2D eigenvalue weighted by molar-refractivity contribution is 0.582. The van der Waals surface area contributed by atoms with E-state index in [0.29, 0.717) is 5.96 Å². The molecular formula is C14H16N6. The summed E-state index contributed by atoms with van der Waals surface area (Å²) in [6.07, 6.45) is 7.14. The van der Waals surface area contributed by atoms with Gasteiger partial charge in [0.15, 0.2) is 11.6 Å². The van der Waals surface area contributed by atoms with Crippen molar-refractivity contribution >= 4 is 5.96 Å². The first-order valence-corrected chi connectivity index (χ1v) is 6.26. The zero-order valence-corrected chi connectivity index (χ0v) is 11.1. The average Bonchev–Trinajstić information content (AvgIpc) is 2.85. The zero-order chi connectivity index (χ0) is 14.2. The second kappa shape index (κ2) is 4.50. The number of aryl methyl sites for hydroxylation is 1. The number of nitrogens with zero attached hydrogens (tertiary/aromatic N) is 3. The van der Waals surface area contributed by atoms with Crippen molar-refractivity contribution in [3.8, 4) is 11.4 Å². The number of hydrogen-bond acceptors (Lipinski definition) is 5. The van der Waals surface area contributed by atoms with Crippen molar-refractivity contribution in [2.24, 2.45) is 23.5 Å². The minimum absolute atomic E-state index is 0.296. The van der Waals surface area contributed by atoms with Crippen molar-refractivity contribution in [3.63, 3.8) is 0 Å². The van der Waals surface area contributed by atoms with Gasteiger partial charge in [0.05, 0.1) is 0 Å². The molecular weight excluding hydrogens is 252 g/mol. The number of benzene rings is 1. The van der Waals surface area contributed by atoms with Gasteiger partial charge in [-0.05, 0) is 6.08 Å². The molecule has 0 amide bonds. The maximum atomic E-state index is 6.40. The summed E-state index contributed by atoms with van der Waals surface area (Å²) in [7, 11) is 1.94. The van der Waals surface area contributed by atoms with Gasteiger partial charge in [-0.15, -0.1) is 0 Å². The van der Waals surface area contributed by atoms with E-state index >= 15 is 0 Å². The normalized spacial score (nSPS) is 21.4. The molecule has 0 spiro atoms. The van der Waals surface area contributed by atoms with Crippen LogP contribution in [0.5, 0.6) is 0 Å². The minimum atomic E-state index is -0.988. The molecule has 0 saturated carbocycles. The molecule has 102 valence electrons. The van der Waals surface area contributed by atoms with Crippen LogP contribution in [0, 0.1) is 0 Å². The van der Waals surface area contributed by atoms with Crippen LogP contribution in [0.3, 0.4) is 0 Å². The first-order chi connectivity index (χ1) is 9.60. The van der Waals surface area contributed by atoms with Crippen LogP contribution in [0.4, 0.5) is 0 Å². The molecule has 0 aliphatic carbocycles. The Morgan fingerprint density at radius 3 is 2.80 bits per heavy atom. The highest BCUT2D eigenvalue weighted by atomic mass is 15.2. The summed E-state index contributed by atoms with van der Waals surface area (Å²) in [4.78, 5) is 8.70. The Kier molecular flexibility index (Phi) is 2.80. The molecule has 1 atom stereocenters.